The summed E-state index contributed by atoms with van der Waals surface area (Å²) in [5, 5.41) is 3.71. The summed E-state index contributed by atoms with van der Waals surface area (Å²) in [7, 11) is 0. The predicted molar refractivity (Wildman–Crippen MR) is 80.9 cm³/mol. The van der Waals surface area contributed by atoms with Crippen LogP contribution in [0.3, 0.4) is 0 Å². The molecule has 1 atom stereocenters. The Morgan fingerprint density at radius 3 is 2.85 bits per heavy atom. The Morgan fingerprint density at radius 2 is 2.20 bits per heavy atom. The van der Waals surface area contributed by atoms with E-state index in [0.717, 1.165) is 19.5 Å². The van der Waals surface area contributed by atoms with E-state index >= 15 is 0 Å². The van der Waals surface area contributed by atoms with E-state index in [2.05, 4.69) is 41.2 Å². The van der Waals surface area contributed by atoms with E-state index in [1.807, 2.05) is 23.4 Å². The van der Waals surface area contributed by atoms with Crippen LogP contribution in [0.5, 0.6) is 0 Å². The second-order valence-electron chi connectivity index (χ2n) is 4.54. The monoisotopic (exact) mass is 291 g/mol. The maximum absolute atomic E-state index is 11.4. The first-order valence-electron chi connectivity index (χ1n) is 6.61. The van der Waals surface area contributed by atoms with Crippen molar-refractivity contribution in [1.29, 1.82) is 0 Å². The Hall–Kier alpha value is -1.75. The van der Waals surface area contributed by atoms with Crippen LogP contribution in [0.15, 0.2) is 35.3 Å². The van der Waals surface area contributed by atoms with Crippen molar-refractivity contribution >= 4 is 29.2 Å². The topological polar surface area (TPSA) is 45.1 Å². The molecule has 1 saturated heterocycles. The number of piperazine rings is 1. The van der Waals surface area contributed by atoms with Gasteiger partial charge in [0.1, 0.15) is 0 Å². The fourth-order valence-corrected chi connectivity index (χ4v) is 2.40. The molecule has 1 aliphatic rings. The highest BCUT2D eigenvalue weighted by molar-refractivity contribution is 7.78. The van der Waals surface area contributed by atoms with Crippen molar-refractivity contribution in [2.24, 2.45) is 4.99 Å². The number of carbonyl (C=O) groups excluding carboxylic acids is 1. The number of rotatable bonds is 3. The number of para-hydroxylation sites is 1. The summed E-state index contributed by atoms with van der Waals surface area (Å²) in [6.07, 6.45) is 0.185. The molecule has 20 heavy (non-hydrogen) atoms. The van der Waals surface area contributed by atoms with Crippen molar-refractivity contribution in [2.75, 3.05) is 24.5 Å². The number of nitrogens with zero attached hydrogens (tertiary/aromatic N) is 3. The Balaban J connectivity index is 2.01. The van der Waals surface area contributed by atoms with Gasteiger partial charge in [-0.05, 0) is 30.8 Å². The zero-order chi connectivity index (χ0) is 14.4. The number of hydroxylamine groups is 2. The van der Waals surface area contributed by atoms with Crippen LogP contribution in [-0.4, -0.2) is 42.0 Å². The molecule has 2 rings (SSSR count). The van der Waals surface area contributed by atoms with Gasteiger partial charge in [0.15, 0.2) is 0 Å². The maximum Gasteiger partial charge on any atom is 0.461 e. The number of aliphatic imine (C=N–C) groups is 1. The van der Waals surface area contributed by atoms with E-state index in [1.165, 1.54) is 5.69 Å². The molecule has 1 amide bonds. The fourth-order valence-electron chi connectivity index (χ4n) is 2.32. The van der Waals surface area contributed by atoms with Gasteiger partial charge in [-0.2, -0.15) is 0 Å². The highest BCUT2D eigenvalue weighted by atomic mass is 32.1. The zero-order valence-electron chi connectivity index (χ0n) is 11.4. The Kier molecular flexibility index (Phi) is 5.24. The molecule has 0 radical (unpaired) electrons. The summed E-state index contributed by atoms with van der Waals surface area (Å²) in [6, 6.07) is 10.4. The first kappa shape index (κ1) is 14.7. The minimum absolute atomic E-state index is 0.147. The molecule has 0 saturated carbocycles. The van der Waals surface area contributed by atoms with Crippen LogP contribution in [0.2, 0.25) is 0 Å². The van der Waals surface area contributed by atoms with Gasteiger partial charge in [0.2, 0.25) is 0 Å². The fraction of sp³-hybridized carbons (Fsp3) is 0.429. The standard InChI is InChI=1S/C14H17N3O2S/c1-2-12-10-16(13-6-4-3-5-7-13)8-9-17(12)19-14(18)15-11-20/h3-7,12H,2,8-10H2,1H3. The molecule has 1 fully saturated rings. The highest BCUT2D eigenvalue weighted by Crippen LogP contribution is 2.20. The normalized spacial score (nSPS) is 19.2. The molecule has 1 aliphatic heterocycles. The van der Waals surface area contributed by atoms with Gasteiger partial charge in [0.05, 0.1) is 17.7 Å². The number of thiocarbonyl (C=S) groups is 1. The number of hydrogen-bond donors (Lipinski definition) is 0. The van der Waals surface area contributed by atoms with Crippen molar-refractivity contribution in [3.63, 3.8) is 0 Å². The van der Waals surface area contributed by atoms with Gasteiger partial charge in [0, 0.05) is 18.8 Å². The molecule has 5 nitrogen and oxygen atoms in total. The summed E-state index contributed by atoms with van der Waals surface area (Å²) in [5.41, 5.74) is 1.19. The average Bonchev–Trinajstić information content (AvgIpc) is 2.49. The Bertz CT molecular complexity index is 502. The number of benzene rings is 1. The molecule has 1 unspecified atom stereocenters. The van der Waals surface area contributed by atoms with Gasteiger partial charge < -0.3 is 9.74 Å². The first-order valence-corrected chi connectivity index (χ1v) is 7.02. The molecule has 1 heterocycles. The minimum Gasteiger partial charge on any atom is -0.368 e. The van der Waals surface area contributed by atoms with Crippen molar-refractivity contribution in [1.82, 2.24) is 5.06 Å². The molecule has 0 aromatic heterocycles. The quantitative estimate of drug-likeness (QED) is 0.633. The van der Waals surface area contributed by atoms with Crippen molar-refractivity contribution in [3.8, 4) is 0 Å². The Labute approximate surface area is 123 Å². The van der Waals surface area contributed by atoms with Gasteiger partial charge in [-0.1, -0.05) is 25.1 Å². The van der Waals surface area contributed by atoms with Gasteiger partial charge >= 0.3 is 6.09 Å². The van der Waals surface area contributed by atoms with Crippen molar-refractivity contribution in [2.45, 2.75) is 19.4 Å². The third kappa shape index (κ3) is 3.63. The van der Waals surface area contributed by atoms with Crippen LogP contribution in [0, 0.1) is 0 Å². The van der Waals surface area contributed by atoms with E-state index in [9.17, 15) is 4.79 Å². The number of carbonyl (C=O) groups is 1. The smallest absolute Gasteiger partial charge is 0.368 e. The molecule has 0 spiro atoms. The second-order valence-corrected chi connectivity index (χ2v) is 4.73. The molecular formula is C14H17N3O2S. The van der Waals surface area contributed by atoms with Crippen LogP contribution in [-0.2, 0) is 4.84 Å². The number of amides is 1. The molecule has 106 valence electrons. The summed E-state index contributed by atoms with van der Waals surface area (Å²) < 4.78 is 0. The molecule has 0 bridgehead atoms. The molecular weight excluding hydrogens is 274 g/mol. The van der Waals surface area contributed by atoms with Crippen molar-refractivity contribution in [3.05, 3.63) is 30.3 Å². The summed E-state index contributed by atoms with van der Waals surface area (Å²) in [5.74, 6) is 0. The first-order chi connectivity index (χ1) is 9.74. The third-order valence-corrected chi connectivity index (χ3v) is 3.44. The predicted octanol–water partition coefficient (Wildman–Crippen LogP) is 2.74. The maximum atomic E-state index is 11.4. The average molecular weight is 291 g/mol. The molecule has 0 aliphatic carbocycles. The third-order valence-electron chi connectivity index (χ3n) is 3.35. The van der Waals surface area contributed by atoms with Gasteiger partial charge in [-0.3, -0.25) is 0 Å². The van der Waals surface area contributed by atoms with E-state index in [4.69, 9.17) is 4.84 Å². The van der Waals surface area contributed by atoms with Crippen LogP contribution < -0.4 is 4.90 Å². The number of hydrogen-bond acceptors (Lipinski definition) is 5. The minimum atomic E-state index is -0.702. The zero-order valence-corrected chi connectivity index (χ0v) is 12.2. The van der Waals surface area contributed by atoms with Crippen LogP contribution in [0.25, 0.3) is 0 Å². The van der Waals surface area contributed by atoms with E-state index in [-0.39, 0.29) is 6.04 Å². The number of isothiocyanates is 1. The summed E-state index contributed by atoms with van der Waals surface area (Å²) in [6.45, 7) is 4.33. The molecule has 0 N–H and O–H groups in total. The Morgan fingerprint density at radius 1 is 1.45 bits per heavy atom. The van der Waals surface area contributed by atoms with E-state index in [1.54, 1.807) is 5.06 Å². The summed E-state index contributed by atoms with van der Waals surface area (Å²) >= 11 is 4.39. The van der Waals surface area contributed by atoms with Crippen LogP contribution in [0.4, 0.5) is 10.5 Å². The van der Waals surface area contributed by atoms with Gasteiger partial charge in [-0.15, -0.1) is 10.1 Å². The van der Waals surface area contributed by atoms with Crippen LogP contribution >= 0.6 is 12.2 Å². The number of anilines is 1. The summed E-state index contributed by atoms with van der Waals surface area (Å²) in [4.78, 5) is 22.1. The van der Waals surface area contributed by atoms with Crippen LogP contribution in [0.1, 0.15) is 13.3 Å². The lowest BCUT2D eigenvalue weighted by Gasteiger charge is -2.40. The SMILES string of the molecule is CCC1CN(c2ccccc2)CCN1OC(=O)N=C=S. The lowest BCUT2D eigenvalue weighted by molar-refractivity contribution is -0.132. The van der Waals surface area contributed by atoms with Crippen molar-refractivity contribution < 1.29 is 9.63 Å². The van der Waals surface area contributed by atoms with Gasteiger partial charge in [-0.25, -0.2) is 4.79 Å². The van der Waals surface area contributed by atoms with E-state index < -0.39 is 6.09 Å². The highest BCUT2D eigenvalue weighted by Gasteiger charge is 2.28. The molecule has 6 heteroatoms. The lowest BCUT2D eigenvalue weighted by atomic mass is 10.1. The van der Waals surface area contributed by atoms with Gasteiger partial charge in [0.25, 0.3) is 0 Å². The van der Waals surface area contributed by atoms with E-state index in [0.29, 0.717) is 6.54 Å². The second kappa shape index (κ2) is 7.14. The largest absolute Gasteiger partial charge is 0.461 e. The molecule has 1 aromatic rings. The molecule has 1 aromatic carbocycles. The lowest BCUT2D eigenvalue weighted by Crippen LogP contribution is -2.53.